The van der Waals surface area contributed by atoms with E-state index in [1.165, 1.54) is 6.33 Å². The number of halogens is 1. The summed E-state index contributed by atoms with van der Waals surface area (Å²) in [6.07, 6.45) is 2.03. The lowest BCUT2D eigenvalue weighted by Gasteiger charge is -2.37. The number of amides is 1. The quantitative estimate of drug-likeness (QED) is 0.798. The van der Waals surface area contributed by atoms with Crippen LogP contribution in [-0.2, 0) is 33.5 Å². The maximum atomic E-state index is 12.7. The molecule has 0 saturated carbocycles. The first-order valence-electron chi connectivity index (χ1n) is 9.23. The van der Waals surface area contributed by atoms with E-state index < -0.39 is 16.8 Å². The Balaban J connectivity index is 1.36. The van der Waals surface area contributed by atoms with Gasteiger partial charge in [0.25, 0.3) is 0 Å². The summed E-state index contributed by atoms with van der Waals surface area (Å²) in [5.74, 6) is 1.83. The molecule has 1 aromatic heterocycles. The molecule has 7 nitrogen and oxygen atoms in total. The molecule has 3 heterocycles. The smallest absolute Gasteiger partial charge is 0.239 e. The Hall–Kier alpha value is -2.03. The summed E-state index contributed by atoms with van der Waals surface area (Å²) in [5, 5.41) is 0.666. The molecule has 2 aliphatic rings. The molecule has 28 heavy (non-hydrogen) atoms. The third-order valence-corrected chi connectivity index (χ3v) is 6.65. The third-order valence-electron chi connectivity index (χ3n) is 5.19. The van der Waals surface area contributed by atoms with E-state index in [9.17, 15) is 9.00 Å². The van der Waals surface area contributed by atoms with Gasteiger partial charge in [0.15, 0.2) is 0 Å². The molecule has 4 rings (SSSR count). The standard InChI is InChI=1S/C19H22ClN5O2S/c20-14-3-1-13(2-4-14)9-16(21)19(26)25-7-5-24(6-8-25)18-15-10-28(27)11-17(15)22-12-23-18/h1-4,12,16H,5-11,21H2. The number of fused-ring (bicyclic) bond motifs is 1. The Morgan fingerprint density at radius 3 is 2.57 bits per heavy atom. The number of nitrogens with two attached hydrogens (primary N) is 1. The molecule has 148 valence electrons. The monoisotopic (exact) mass is 419 g/mol. The van der Waals surface area contributed by atoms with Crippen LogP contribution in [0.5, 0.6) is 0 Å². The number of carbonyl (C=O) groups is 1. The Morgan fingerprint density at radius 1 is 1.14 bits per heavy atom. The minimum absolute atomic E-state index is 0.0383. The number of rotatable bonds is 4. The van der Waals surface area contributed by atoms with Gasteiger partial charge in [0.1, 0.15) is 12.1 Å². The average molecular weight is 420 g/mol. The number of hydrogen-bond donors (Lipinski definition) is 1. The molecule has 9 heteroatoms. The van der Waals surface area contributed by atoms with Gasteiger partial charge in [-0.15, -0.1) is 0 Å². The van der Waals surface area contributed by atoms with E-state index in [0.717, 1.165) is 22.6 Å². The molecule has 2 unspecified atom stereocenters. The maximum Gasteiger partial charge on any atom is 0.239 e. The van der Waals surface area contributed by atoms with Gasteiger partial charge in [-0.25, -0.2) is 9.97 Å². The van der Waals surface area contributed by atoms with E-state index in [0.29, 0.717) is 49.1 Å². The highest BCUT2D eigenvalue weighted by Crippen LogP contribution is 2.28. The topological polar surface area (TPSA) is 92.4 Å². The van der Waals surface area contributed by atoms with Crippen molar-refractivity contribution in [1.82, 2.24) is 14.9 Å². The molecule has 2 N–H and O–H groups in total. The molecule has 1 fully saturated rings. The number of aromatic nitrogens is 2. The second-order valence-corrected chi connectivity index (χ2v) is 8.99. The van der Waals surface area contributed by atoms with E-state index >= 15 is 0 Å². The van der Waals surface area contributed by atoms with Crippen LogP contribution < -0.4 is 10.6 Å². The number of nitrogens with zero attached hydrogens (tertiary/aromatic N) is 4. The van der Waals surface area contributed by atoms with Crippen molar-refractivity contribution in [2.45, 2.75) is 24.0 Å². The van der Waals surface area contributed by atoms with Crippen molar-refractivity contribution in [1.29, 1.82) is 0 Å². The molecule has 0 spiro atoms. The number of anilines is 1. The summed E-state index contributed by atoms with van der Waals surface area (Å²) >= 11 is 5.90. The van der Waals surface area contributed by atoms with Gasteiger partial charge >= 0.3 is 0 Å². The minimum atomic E-state index is -0.894. The average Bonchev–Trinajstić information content (AvgIpc) is 3.09. The lowest BCUT2D eigenvalue weighted by molar-refractivity contribution is -0.132. The lowest BCUT2D eigenvalue weighted by Crippen LogP contribution is -2.54. The first-order chi connectivity index (χ1) is 13.5. The van der Waals surface area contributed by atoms with Crippen LogP contribution in [0.3, 0.4) is 0 Å². The van der Waals surface area contributed by atoms with Crippen LogP contribution in [0, 0.1) is 0 Å². The summed E-state index contributed by atoms with van der Waals surface area (Å²) in [5.41, 5.74) is 9.02. The van der Waals surface area contributed by atoms with Crippen LogP contribution in [0.4, 0.5) is 5.82 Å². The van der Waals surface area contributed by atoms with Crippen molar-refractivity contribution in [2.24, 2.45) is 5.73 Å². The molecule has 2 aromatic rings. The second kappa shape index (κ2) is 8.14. The van der Waals surface area contributed by atoms with Gasteiger partial charge in [0.2, 0.25) is 5.91 Å². The van der Waals surface area contributed by atoms with Crippen LogP contribution in [-0.4, -0.2) is 57.2 Å². The predicted molar refractivity (Wildman–Crippen MR) is 110 cm³/mol. The Bertz CT molecular complexity index is 900. The van der Waals surface area contributed by atoms with Crippen LogP contribution in [0.1, 0.15) is 16.8 Å². The molecule has 0 radical (unpaired) electrons. The summed E-state index contributed by atoms with van der Waals surface area (Å²) < 4.78 is 11.9. The van der Waals surface area contributed by atoms with Crippen LogP contribution in [0.25, 0.3) is 0 Å². The van der Waals surface area contributed by atoms with E-state index in [4.69, 9.17) is 17.3 Å². The van der Waals surface area contributed by atoms with E-state index in [1.807, 2.05) is 17.0 Å². The molecule has 0 bridgehead atoms. The number of benzene rings is 1. The summed E-state index contributed by atoms with van der Waals surface area (Å²) in [6, 6.07) is 6.83. The van der Waals surface area contributed by atoms with Crippen molar-refractivity contribution in [3.63, 3.8) is 0 Å². The van der Waals surface area contributed by atoms with Gasteiger partial charge in [-0.2, -0.15) is 0 Å². The van der Waals surface area contributed by atoms with Gasteiger partial charge in [-0.05, 0) is 24.1 Å². The van der Waals surface area contributed by atoms with Gasteiger partial charge in [-0.3, -0.25) is 9.00 Å². The first kappa shape index (κ1) is 19.3. The minimum Gasteiger partial charge on any atom is -0.353 e. The zero-order valence-corrected chi connectivity index (χ0v) is 17.0. The molecular weight excluding hydrogens is 398 g/mol. The Labute approximate surface area is 171 Å². The molecule has 2 atom stereocenters. The van der Waals surface area contributed by atoms with Crippen molar-refractivity contribution in [2.75, 3.05) is 31.1 Å². The lowest BCUT2D eigenvalue weighted by atomic mass is 10.1. The van der Waals surface area contributed by atoms with Crippen LogP contribution in [0.15, 0.2) is 30.6 Å². The normalized spacial score (nSPS) is 20.1. The molecule has 1 amide bonds. The first-order valence-corrected chi connectivity index (χ1v) is 11.1. The molecular formula is C19H22ClN5O2S. The zero-order valence-electron chi connectivity index (χ0n) is 15.4. The highest BCUT2D eigenvalue weighted by Gasteiger charge is 2.29. The number of hydrogen-bond acceptors (Lipinski definition) is 6. The van der Waals surface area contributed by atoms with Gasteiger partial charge < -0.3 is 15.5 Å². The third kappa shape index (κ3) is 4.04. The van der Waals surface area contributed by atoms with Crippen molar-refractivity contribution >= 4 is 34.1 Å². The molecule has 1 aromatic carbocycles. The number of piperazine rings is 1. The zero-order chi connectivity index (χ0) is 19.7. The van der Waals surface area contributed by atoms with Crippen LogP contribution in [0.2, 0.25) is 5.02 Å². The summed E-state index contributed by atoms with van der Waals surface area (Å²) in [6.45, 7) is 2.54. The fourth-order valence-electron chi connectivity index (χ4n) is 3.68. The molecule has 2 aliphatic heterocycles. The predicted octanol–water partition coefficient (Wildman–Crippen LogP) is 1.11. The Morgan fingerprint density at radius 2 is 1.86 bits per heavy atom. The van der Waals surface area contributed by atoms with E-state index in [2.05, 4.69) is 14.9 Å². The Kier molecular flexibility index (Phi) is 5.61. The SMILES string of the molecule is NC(Cc1ccc(Cl)cc1)C(=O)N1CCN(c2ncnc3c2CS(=O)C3)CC1. The van der Waals surface area contributed by atoms with Gasteiger partial charge in [-0.1, -0.05) is 23.7 Å². The van der Waals surface area contributed by atoms with Gasteiger partial charge in [0.05, 0.1) is 23.2 Å². The summed E-state index contributed by atoms with van der Waals surface area (Å²) in [4.78, 5) is 25.4. The maximum absolute atomic E-state index is 12.7. The van der Waals surface area contributed by atoms with E-state index in [-0.39, 0.29) is 5.91 Å². The fourth-order valence-corrected chi connectivity index (χ4v) is 5.08. The fraction of sp³-hybridized carbons (Fsp3) is 0.421. The second-order valence-electron chi connectivity index (χ2n) is 7.10. The number of carbonyl (C=O) groups excluding carboxylic acids is 1. The highest BCUT2D eigenvalue weighted by atomic mass is 35.5. The van der Waals surface area contributed by atoms with Crippen molar-refractivity contribution in [3.8, 4) is 0 Å². The largest absolute Gasteiger partial charge is 0.353 e. The van der Waals surface area contributed by atoms with E-state index in [1.54, 1.807) is 12.1 Å². The van der Waals surface area contributed by atoms with Gasteiger partial charge in [0, 0.05) is 47.6 Å². The summed E-state index contributed by atoms with van der Waals surface area (Å²) in [7, 11) is -0.894. The molecule has 1 saturated heterocycles. The van der Waals surface area contributed by atoms with Crippen LogP contribution >= 0.6 is 11.6 Å². The van der Waals surface area contributed by atoms with Crippen molar-refractivity contribution < 1.29 is 9.00 Å². The highest BCUT2D eigenvalue weighted by molar-refractivity contribution is 7.83. The molecule has 0 aliphatic carbocycles. The van der Waals surface area contributed by atoms with Crippen molar-refractivity contribution in [3.05, 3.63) is 52.4 Å².